The Balaban J connectivity index is 1.96. The maximum absolute atomic E-state index is 11.6. The third-order valence-electron chi connectivity index (χ3n) is 3.49. The molecule has 0 fully saturated rings. The molecule has 2 N–H and O–H groups in total. The zero-order valence-electron chi connectivity index (χ0n) is 13.4. The van der Waals surface area contributed by atoms with Crippen molar-refractivity contribution in [1.82, 2.24) is 10.6 Å². The molecule has 1 aromatic carbocycles. The van der Waals surface area contributed by atoms with Gasteiger partial charge in [-0.15, -0.1) is 0 Å². The molecule has 2 amide bonds. The van der Waals surface area contributed by atoms with E-state index in [1.54, 1.807) is 0 Å². The van der Waals surface area contributed by atoms with Gasteiger partial charge in [-0.25, -0.2) is 4.79 Å². The predicted molar refractivity (Wildman–Crippen MR) is 86.4 cm³/mol. The largest absolute Gasteiger partial charge is 0.381 e. The van der Waals surface area contributed by atoms with Crippen molar-refractivity contribution in [1.29, 1.82) is 0 Å². The van der Waals surface area contributed by atoms with E-state index in [-0.39, 0.29) is 12.1 Å². The van der Waals surface area contributed by atoms with Crippen LogP contribution in [0.1, 0.15) is 32.8 Å². The van der Waals surface area contributed by atoms with Gasteiger partial charge in [0.15, 0.2) is 0 Å². The number of nitrogens with one attached hydrogen (secondary N) is 2. The summed E-state index contributed by atoms with van der Waals surface area (Å²) in [4.78, 5) is 11.6. The molecule has 0 aromatic heterocycles. The van der Waals surface area contributed by atoms with E-state index in [1.807, 2.05) is 25.1 Å². The van der Waals surface area contributed by atoms with Gasteiger partial charge in [0.1, 0.15) is 0 Å². The third-order valence-corrected chi connectivity index (χ3v) is 3.49. The molecule has 0 heterocycles. The fourth-order valence-corrected chi connectivity index (χ4v) is 1.74. The molecule has 0 aliphatic rings. The number of carbonyl (C=O) groups excluding carboxylic acids is 1. The van der Waals surface area contributed by atoms with Crippen molar-refractivity contribution in [2.75, 3.05) is 19.8 Å². The van der Waals surface area contributed by atoms with Crippen LogP contribution in [0, 0.1) is 5.92 Å². The number of carbonyl (C=O) groups is 1. The summed E-state index contributed by atoms with van der Waals surface area (Å²) in [6, 6.07) is 10.4. The molecule has 1 rings (SSSR count). The summed E-state index contributed by atoms with van der Waals surface area (Å²) >= 11 is 0. The standard InChI is InChI=1S/C17H28N2O2/c1-14(2)15(3)19-17(20)18-11-7-12-21-13-10-16-8-5-4-6-9-16/h4-6,8-9,14-15H,7,10-13H2,1-3H3,(H2,18,19,20). The molecule has 1 aromatic rings. The number of benzene rings is 1. The Morgan fingerprint density at radius 3 is 2.52 bits per heavy atom. The minimum atomic E-state index is -0.0968. The summed E-state index contributed by atoms with van der Waals surface area (Å²) in [5.74, 6) is 0.442. The number of ether oxygens (including phenoxy) is 1. The Hall–Kier alpha value is -1.55. The maximum atomic E-state index is 11.6. The van der Waals surface area contributed by atoms with Crippen LogP contribution in [-0.4, -0.2) is 31.8 Å². The van der Waals surface area contributed by atoms with Gasteiger partial charge in [0.25, 0.3) is 0 Å². The minimum absolute atomic E-state index is 0.0968. The normalized spacial score (nSPS) is 12.2. The average Bonchev–Trinajstić information content (AvgIpc) is 2.47. The van der Waals surface area contributed by atoms with Crippen LogP contribution in [0.15, 0.2) is 30.3 Å². The van der Waals surface area contributed by atoms with Crippen LogP contribution in [-0.2, 0) is 11.2 Å². The molecule has 1 unspecified atom stereocenters. The van der Waals surface area contributed by atoms with Crippen LogP contribution in [0.2, 0.25) is 0 Å². The lowest BCUT2D eigenvalue weighted by Gasteiger charge is -2.17. The van der Waals surface area contributed by atoms with Crippen LogP contribution in [0.25, 0.3) is 0 Å². The Labute approximate surface area is 128 Å². The molecule has 1 atom stereocenters. The van der Waals surface area contributed by atoms with Gasteiger partial charge in [-0.05, 0) is 31.2 Å². The highest BCUT2D eigenvalue weighted by atomic mass is 16.5. The van der Waals surface area contributed by atoms with Crippen LogP contribution in [0.4, 0.5) is 4.79 Å². The van der Waals surface area contributed by atoms with Crippen molar-refractivity contribution in [2.45, 2.75) is 39.7 Å². The summed E-state index contributed by atoms with van der Waals surface area (Å²) < 4.78 is 5.57. The smallest absolute Gasteiger partial charge is 0.315 e. The van der Waals surface area contributed by atoms with E-state index >= 15 is 0 Å². The number of amides is 2. The van der Waals surface area contributed by atoms with Crippen LogP contribution in [0.5, 0.6) is 0 Å². The third kappa shape index (κ3) is 8.35. The van der Waals surface area contributed by atoms with Crippen molar-refractivity contribution in [2.24, 2.45) is 5.92 Å². The SMILES string of the molecule is CC(C)C(C)NC(=O)NCCCOCCc1ccccc1. The van der Waals surface area contributed by atoms with E-state index in [0.29, 0.717) is 19.1 Å². The predicted octanol–water partition coefficient (Wildman–Crippen LogP) is 2.98. The molecule has 0 spiro atoms. The number of hydrogen-bond donors (Lipinski definition) is 2. The van der Waals surface area contributed by atoms with Gasteiger partial charge in [0.2, 0.25) is 0 Å². The van der Waals surface area contributed by atoms with Crippen molar-refractivity contribution in [3.05, 3.63) is 35.9 Å². The van der Waals surface area contributed by atoms with Crippen LogP contribution >= 0.6 is 0 Å². The lowest BCUT2D eigenvalue weighted by atomic mass is 10.1. The number of hydrogen-bond acceptors (Lipinski definition) is 2. The lowest BCUT2D eigenvalue weighted by Crippen LogP contribution is -2.43. The molecule has 0 saturated heterocycles. The molecule has 4 nitrogen and oxygen atoms in total. The molecule has 21 heavy (non-hydrogen) atoms. The first-order chi connectivity index (χ1) is 10.1. The van der Waals surface area contributed by atoms with Gasteiger partial charge >= 0.3 is 6.03 Å². The molecule has 0 saturated carbocycles. The Morgan fingerprint density at radius 2 is 1.86 bits per heavy atom. The van der Waals surface area contributed by atoms with Gasteiger partial charge in [-0.3, -0.25) is 0 Å². The number of rotatable bonds is 9. The van der Waals surface area contributed by atoms with Gasteiger partial charge in [0, 0.05) is 19.2 Å². The maximum Gasteiger partial charge on any atom is 0.315 e. The van der Waals surface area contributed by atoms with Crippen molar-refractivity contribution >= 4 is 6.03 Å². The highest BCUT2D eigenvalue weighted by Gasteiger charge is 2.09. The molecular formula is C17H28N2O2. The lowest BCUT2D eigenvalue weighted by molar-refractivity contribution is 0.135. The van der Waals surface area contributed by atoms with Gasteiger partial charge in [-0.1, -0.05) is 44.2 Å². The topological polar surface area (TPSA) is 50.4 Å². The Bertz CT molecular complexity index is 393. The summed E-state index contributed by atoms with van der Waals surface area (Å²) in [5, 5.41) is 5.76. The van der Waals surface area contributed by atoms with E-state index in [0.717, 1.165) is 19.4 Å². The zero-order chi connectivity index (χ0) is 15.5. The van der Waals surface area contributed by atoms with Crippen molar-refractivity contribution in [3.63, 3.8) is 0 Å². The second-order valence-corrected chi connectivity index (χ2v) is 5.63. The average molecular weight is 292 g/mol. The first kappa shape index (κ1) is 17.5. The summed E-state index contributed by atoms with van der Waals surface area (Å²) in [7, 11) is 0. The highest BCUT2D eigenvalue weighted by Crippen LogP contribution is 2.00. The van der Waals surface area contributed by atoms with E-state index < -0.39 is 0 Å². The molecule has 0 bridgehead atoms. The summed E-state index contributed by atoms with van der Waals surface area (Å²) in [5.41, 5.74) is 1.29. The molecule has 0 aliphatic carbocycles. The van der Waals surface area contributed by atoms with Crippen molar-refractivity contribution in [3.8, 4) is 0 Å². The zero-order valence-corrected chi connectivity index (χ0v) is 13.4. The fourth-order valence-electron chi connectivity index (χ4n) is 1.74. The van der Waals surface area contributed by atoms with Gasteiger partial charge < -0.3 is 15.4 Å². The molecule has 118 valence electrons. The molecule has 0 radical (unpaired) electrons. The van der Waals surface area contributed by atoms with Crippen LogP contribution < -0.4 is 10.6 Å². The van der Waals surface area contributed by atoms with Gasteiger partial charge in [-0.2, -0.15) is 0 Å². The van der Waals surface area contributed by atoms with Gasteiger partial charge in [0.05, 0.1) is 6.61 Å². The first-order valence-electron chi connectivity index (χ1n) is 7.75. The Kier molecular flexibility index (Phi) is 8.51. The van der Waals surface area contributed by atoms with E-state index in [4.69, 9.17) is 4.74 Å². The second kappa shape index (κ2) is 10.2. The summed E-state index contributed by atoms with van der Waals surface area (Å²) in [6.45, 7) is 8.23. The number of urea groups is 1. The molecule has 4 heteroatoms. The van der Waals surface area contributed by atoms with E-state index in [1.165, 1.54) is 5.56 Å². The first-order valence-corrected chi connectivity index (χ1v) is 7.75. The van der Waals surface area contributed by atoms with Crippen LogP contribution in [0.3, 0.4) is 0 Å². The van der Waals surface area contributed by atoms with Crippen molar-refractivity contribution < 1.29 is 9.53 Å². The van der Waals surface area contributed by atoms with E-state index in [9.17, 15) is 4.79 Å². The quantitative estimate of drug-likeness (QED) is 0.687. The summed E-state index contributed by atoms with van der Waals surface area (Å²) in [6.07, 6.45) is 1.76. The monoisotopic (exact) mass is 292 g/mol. The minimum Gasteiger partial charge on any atom is -0.381 e. The Morgan fingerprint density at radius 1 is 1.14 bits per heavy atom. The highest BCUT2D eigenvalue weighted by molar-refractivity contribution is 5.74. The van der Waals surface area contributed by atoms with E-state index in [2.05, 4.69) is 36.6 Å². The second-order valence-electron chi connectivity index (χ2n) is 5.63. The fraction of sp³-hybridized carbons (Fsp3) is 0.588. The molecular weight excluding hydrogens is 264 g/mol. The molecule has 0 aliphatic heterocycles.